The van der Waals surface area contributed by atoms with Crippen LogP contribution in [0.3, 0.4) is 0 Å². The van der Waals surface area contributed by atoms with E-state index in [9.17, 15) is 18.0 Å². The highest BCUT2D eigenvalue weighted by molar-refractivity contribution is 7.89. The number of rotatable bonds is 7. The van der Waals surface area contributed by atoms with E-state index in [2.05, 4.69) is 24.7 Å². The zero-order valence-corrected chi connectivity index (χ0v) is 19.4. The van der Waals surface area contributed by atoms with Crippen molar-refractivity contribution in [2.75, 3.05) is 19.7 Å². The molecule has 0 spiro atoms. The number of ether oxygens (including phenoxy) is 1. The van der Waals surface area contributed by atoms with E-state index in [1.165, 1.54) is 34.1 Å². The predicted octanol–water partition coefficient (Wildman–Crippen LogP) is 2.74. The minimum Gasteiger partial charge on any atom is -0.484 e. The zero-order chi connectivity index (χ0) is 23.3. The highest BCUT2D eigenvalue weighted by atomic mass is 32.2. The van der Waals surface area contributed by atoms with Gasteiger partial charge in [-0.1, -0.05) is 19.9 Å². The number of aryl methyl sites for hydroxylation is 1. The number of hydrazine groups is 1. The number of carbonyl (C=O) groups is 2. The van der Waals surface area contributed by atoms with Crippen LogP contribution in [0, 0.1) is 6.92 Å². The lowest BCUT2D eigenvalue weighted by atomic mass is 9.98. The third-order valence-corrected chi connectivity index (χ3v) is 7.28. The van der Waals surface area contributed by atoms with Crippen LogP contribution in [0.1, 0.15) is 54.1 Å². The second-order valence-electron chi connectivity index (χ2n) is 8.10. The van der Waals surface area contributed by atoms with E-state index in [1.807, 2.05) is 25.1 Å². The topological polar surface area (TPSA) is 105 Å². The molecule has 2 amide bonds. The van der Waals surface area contributed by atoms with Crippen LogP contribution in [0.5, 0.6) is 5.75 Å². The number of nitrogens with one attached hydrogen (secondary N) is 2. The molecule has 1 saturated heterocycles. The lowest BCUT2D eigenvalue weighted by Crippen LogP contribution is -2.43. The fourth-order valence-corrected chi connectivity index (χ4v) is 5.14. The van der Waals surface area contributed by atoms with Gasteiger partial charge in [0.25, 0.3) is 11.8 Å². The molecule has 2 aromatic rings. The summed E-state index contributed by atoms with van der Waals surface area (Å²) < 4.78 is 32.0. The highest BCUT2D eigenvalue weighted by Crippen LogP contribution is 2.23. The third-order valence-electron chi connectivity index (χ3n) is 5.37. The molecule has 172 valence electrons. The molecule has 9 heteroatoms. The maximum Gasteiger partial charge on any atom is 0.276 e. The number of hydrogen-bond donors (Lipinski definition) is 2. The maximum atomic E-state index is 12.5. The van der Waals surface area contributed by atoms with Gasteiger partial charge in [0.1, 0.15) is 5.75 Å². The summed E-state index contributed by atoms with van der Waals surface area (Å²) in [6.07, 6.45) is 1.71. The minimum absolute atomic E-state index is 0.146. The Morgan fingerprint density at radius 3 is 2.28 bits per heavy atom. The van der Waals surface area contributed by atoms with Gasteiger partial charge in [0.2, 0.25) is 10.0 Å². The van der Waals surface area contributed by atoms with Gasteiger partial charge in [0.15, 0.2) is 6.61 Å². The van der Waals surface area contributed by atoms with Crippen LogP contribution in [0.2, 0.25) is 0 Å². The molecule has 0 unspecified atom stereocenters. The van der Waals surface area contributed by atoms with Gasteiger partial charge in [-0.15, -0.1) is 0 Å². The molecule has 0 aliphatic carbocycles. The van der Waals surface area contributed by atoms with Gasteiger partial charge in [-0.05, 0) is 73.2 Å². The molecule has 0 saturated carbocycles. The molecule has 1 heterocycles. The van der Waals surface area contributed by atoms with Crippen LogP contribution in [0.4, 0.5) is 0 Å². The van der Waals surface area contributed by atoms with E-state index in [4.69, 9.17) is 4.74 Å². The van der Waals surface area contributed by atoms with Gasteiger partial charge < -0.3 is 4.74 Å². The summed E-state index contributed by atoms with van der Waals surface area (Å²) in [6, 6.07) is 11.3. The molecule has 2 aromatic carbocycles. The Kier molecular flexibility index (Phi) is 7.52. The molecule has 0 radical (unpaired) electrons. The fraction of sp³-hybridized carbons (Fsp3) is 0.391. The Bertz CT molecular complexity index is 1080. The van der Waals surface area contributed by atoms with Crippen LogP contribution in [-0.4, -0.2) is 44.2 Å². The first-order valence-electron chi connectivity index (χ1n) is 10.6. The lowest BCUT2D eigenvalue weighted by Gasteiger charge is -2.15. The number of nitrogens with zero attached hydrogens (tertiary/aromatic N) is 1. The van der Waals surface area contributed by atoms with Gasteiger partial charge >= 0.3 is 0 Å². The third kappa shape index (κ3) is 5.66. The standard InChI is InChI=1S/C23H29N3O5S/c1-16(2)21-11-8-19(14-17(21)3)31-15-22(27)24-25-23(28)18-6-9-20(10-7-18)32(29,30)26-12-4-5-13-26/h6-11,14,16H,4-5,12-13,15H2,1-3H3,(H,24,27)(H,25,28). The second kappa shape index (κ2) is 10.1. The molecule has 2 N–H and O–H groups in total. The second-order valence-corrected chi connectivity index (χ2v) is 10.0. The number of hydrogen-bond acceptors (Lipinski definition) is 5. The van der Waals surface area contributed by atoms with Gasteiger partial charge in [-0.3, -0.25) is 20.4 Å². The molecule has 0 atom stereocenters. The summed E-state index contributed by atoms with van der Waals surface area (Å²) in [5.74, 6) is -0.0992. The monoisotopic (exact) mass is 459 g/mol. The molecular weight excluding hydrogens is 430 g/mol. The molecule has 3 rings (SSSR count). The van der Waals surface area contributed by atoms with E-state index >= 15 is 0 Å². The van der Waals surface area contributed by atoms with Crippen molar-refractivity contribution in [1.29, 1.82) is 0 Å². The van der Waals surface area contributed by atoms with Crippen molar-refractivity contribution in [2.45, 2.75) is 44.4 Å². The molecule has 0 aromatic heterocycles. The van der Waals surface area contributed by atoms with Crippen molar-refractivity contribution >= 4 is 21.8 Å². The Balaban J connectivity index is 1.50. The van der Waals surface area contributed by atoms with Gasteiger partial charge in [0.05, 0.1) is 4.90 Å². The molecule has 1 fully saturated rings. The van der Waals surface area contributed by atoms with Crippen molar-refractivity contribution in [3.05, 3.63) is 59.2 Å². The summed E-state index contributed by atoms with van der Waals surface area (Å²) >= 11 is 0. The number of benzene rings is 2. The maximum absolute atomic E-state index is 12.5. The normalized spacial score (nSPS) is 14.4. The first kappa shape index (κ1) is 23.7. The number of carbonyl (C=O) groups excluding carboxylic acids is 2. The van der Waals surface area contributed by atoms with E-state index in [1.54, 1.807) is 0 Å². The predicted molar refractivity (Wildman–Crippen MR) is 121 cm³/mol. The van der Waals surface area contributed by atoms with Crippen molar-refractivity contribution in [2.24, 2.45) is 0 Å². The van der Waals surface area contributed by atoms with Crippen LogP contribution in [0.25, 0.3) is 0 Å². The molecule has 1 aliphatic heterocycles. The molecule has 1 aliphatic rings. The average molecular weight is 460 g/mol. The van der Waals surface area contributed by atoms with E-state index in [0.29, 0.717) is 24.8 Å². The average Bonchev–Trinajstić information content (AvgIpc) is 3.32. The van der Waals surface area contributed by atoms with Gasteiger partial charge in [-0.25, -0.2) is 8.42 Å². The van der Waals surface area contributed by atoms with Crippen molar-refractivity contribution in [3.63, 3.8) is 0 Å². The Hall–Kier alpha value is -2.91. The van der Waals surface area contributed by atoms with Crippen molar-refractivity contribution in [3.8, 4) is 5.75 Å². The van der Waals surface area contributed by atoms with E-state index in [-0.39, 0.29) is 17.1 Å². The smallest absolute Gasteiger partial charge is 0.276 e. The summed E-state index contributed by atoms with van der Waals surface area (Å²) in [5, 5.41) is 0. The van der Waals surface area contributed by atoms with Crippen LogP contribution in [-0.2, 0) is 14.8 Å². The summed E-state index contributed by atoms with van der Waals surface area (Å²) in [6.45, 7) is 6.98. The fourth-order valence-electron chi connectivity index (χ4n) is 3.63. The quantitative estimate of drug-likeness (QED) is 0.620. The summed E-state index contributed by atoms with van der Waals surface area (Å²) in [5.41, 5.74) is 7.13. The molecule has 0 bridgehead atoms. The Morgan fingerprint density at radius 1 is 1.03 bits per heavy atom. The summed E-state index contributed by atoms with van der Waals surface area (Å²) in [7, 11) is -3.54. The van der Waals surface area contributed by atoms with Crippen molar-refractivity contribution < 1.29 is 22.7 Å². The van der Waals surface area contributed by atoms with Crippen molar-refractivity contribution in [1.82, 2.24) is 15.2 Å². The van der Waals surface area contributed by atoms with Crippen LogP contribution in [0.15, 0.2) is 47.4 Å². The number of sulfonamides is 1. The first-order valence-corrected chi connectivity index (χ1v) is 12.0. The van der Waals surface area contributed by atoms with E-state index in [0.717, 1.165) is 18.4 Å². The molecule has 32 heavy (non-hydrogen) atoms. The SMILES string of the molecule is Cc1cc(OCC(=O)NNC(=O)c2ccc(S(=O)(=O)N3CCCC3)cc2)ccc1C(C)C. The van der Waals surface area contributed by atoms with Gasteiger partial charge in [0, 0.05) is 18.7 Å². The Labute approximate surface area is 189 Å². The first-order chi connectivity index (χ1) is 15.2. The zero-order valence-electron chi connectivity index (χ0n) is 18.6. The van der Waals surface area contributed by atoms with Crippen LogP contribution < -0.4 is 15.6 Å². The molecular formula is C23H29N3O5S. The minimum atomic E-state index is -3.54. The number of amides is 2. The lowest BCUT2D eigenvalue weighted by molar-refractivity contribution is -0.123. The van der Waals surface area contributed by atoms with E-state index < -0.39 is 21.8 Å². The molecule has 8 nitrogen and oxygen atoms in total. The highest BCUT2D eigenvalue weighted by Gasteiger charge is 2.27. The Morgan fingerprint density at radius 2 is 1.69 bits per heavy atom. The summed E-state index contributed by atoms with van der Waals surface area (Å²) in [4.78, 5) is 24.4. The van der Waals surface area contributed by atoms with Gasteiger partial charge in [-0.2, -0.15) is 4.31 Å². The van der Waals surface area contributed by atoms with Crippen LogP contribution >= 0.6 is 0 Å². The largest absolute Gasteiger partial charge is 0.484 e.